The molecule has 2 aliphatic rings. The number of carbonyl (C=O) groups excluding carboxylic acids is 1. The molecule has 0 bridgehead atoms. The maximum absolute atomic E-state index is 14.2. The molecular weight excluding hydrogens is 638 g/mol. The Morgan fingerprint density at radius 2 is 2.00 bits per heavy atom. The molecule has 3 rings (SSSR count). The Balaban J connectivity index is 1.52. The van der Waals surface area contributed by atoms with Crippen molar-refractivity contribution in [2.45, 2.75) is 57.6 Å². The normalized spacial score (nSPS) is 18.9. The van der Waals surface area contributed by atoms with Gasteiger partial charge in [0.15, 0.2) is 0 Å². The smallest absolute Gasteiger partial charge is 0.253 e. The van der Waals surface area contributed by atoms with Gasteiger partial charge in [-0.2, -0.15) is 0 Å². The molecule has 0 saturated carbocycles. The van der Waals surface area contributed by atoms with Crippen LogP contribution in [0, 0.1) is 17.8 Å². The number of hydrogen-bond donors (Lipinski definition) is 4. The first kappa shape index (κ1) is 38.4. The van der Waals surface area contributed by atoms with Gasteiger partial charge in [-0.1, -0.05) is 49.6 Å². The quantitative estimate of drug-likeness (QED) is 0.0629. The summed E-state index contributed by atoms with van der Waals surface area (Å²) >= 11 is 0. The number of amides is 1. The number of nitrogens with one attached hydrogen (secondary N) is 3. The third kappa shape index (κ3) is 11.9. The number of aliphatic hydroxyl groups is 1. The van der Waals surface area contributed by atoms with Gasteiger partial charge in [0.1, 0.15) is 23.6 Å². The highest BCUT2D eigenvalue weighted by Crippen LogP contribution is 2.32. The van der Waals surface area contributed by atoms with Crippen LogP contribution in [-0.2, 0) is 27.0 Å². The summed E-state index contributed by atoms with van der Waals surface area (Å²) in [7, 11) is 1.02. The van der Waals surface area contributed by atoms with Gasteiger partial charge in [-0.05, 0) is 48.3 Å². The lowest BCUT2D eigenvalue weighted by Crippen LogP contribution is -2.40. The zero-order chi connectivity index (χ0) is 35.4. The molecule has 3 atom stereocenters. The highest BCUT2D eigenvalue weighted by molar-refractivity contribution is 7.88. The molecule has 4 N–H and O–H groups in total. The fraction of sp³-hybridized carbons (Fsp3) is 0.417. The van der Waals surface area contributed by atoms with E-state index in [1.165, 1.54) is 18.1 Å². The summed E-state index contributed by atoms with van der Waals surface area (Å²) < 4.78 is 62.5. The van der Waals surface area contributed by atoms with Crippen molar-refractivity contribution in [2.75, 3.05) is 34.3 Å². The van der Waals surface area contributed by atoms with Crippen molar-refractivity contribution >= 4 is 15.9 Å². The molecule has 260 valence electrons. The predicted molar refractivity (Wildman–Crippen MR) is 185 cm³/mol. The highest BCUT2D eigenvalue weighted by atomic mass is 32.2. The average molecular weight is 685 g/mol. The lowest BCUT2D eigenvalue weighted by Gasteiger charge is -2.21. The van der Waals surface area contributed by atoms with Gasteiger partial charge in [0.05, 0.1) is 18.9 Å². The molecular formula is C36H46F2N4O5S. The number of carbonyl (C=O) groups is 1. The minimum absolute atomic E-state index is 0.0128. The molecule has 12 heteroatoms. The number of sulfonamides is 1. The van der Waals surface area contributed by atoms with Crippen molar-refractivity contribution in [2.24, 2.45) is 5.92 Å². The Hall–Kier alpha value is -4.02. The number of rotatable bonds is 17. The lowest BCUT2D eigenvalue weighted by molar-refractivity contribution is -0.124. The van der Waals surface area contributed by atoms with E-state index in [0.717, 1.165) is 11.6 Å². The second kappa shape index (κ2) is 17.9. The molecule has 0 aliphatic heterocycles. The van der Waals surface area contributed by atoms with Gasteiger partial charge in [-0.25, -0.2) is 17.2 Å². The van der Waals surface area contributed by atoms with Crippen molar-refractivity contribution in [3.63, 3.8) is 0 Å². The van der Waals surface area contributed by atoms with E-state index in [1.807, 2.05) is 12.1 Å². The number of hydrogen-bond acceptors (Lipinski definition) is 7. The Morgan fingerprint density at radius 1 is 1.25 bits per heavy atom. The second-order valence-electron chi connectivity index (χ2n) is 12.1. The van der Waals surface area contributed by atoms with Gasteiger partial charge in [-0.3, -0.25) is 14.8 Å². The molecule has 0 fully saturated rings. The minimum atomic E-state index is -3.82. The molecule has 1 aromatic rings. The third-order valence-electron chi connectivity index (χ3n) is 7.68. The first-order valence-electron chi connectivity index (χ1n) is 15.7. The van der Waals surface area contributed by atoms with Crippen LogP contribution in [0.4, 0.5) is 8.78 Å². The standard InChI is InChI=1S/C36H46F2N4O5S/c1-24(2)31(36(44)42(4)5)13-8-7-10-26-14-15-34(47-6)28(19-26)23-48(45,46)41-30-12-9-11-29(22-30)39-16-17-40-35(43)21-27-20-32(37)25(3)18-33(27)38/h7-8,12-15,19-20,25,29,35,39-41,43H,1,10,16-18,21-23H2,2-6H3/b8-7-,31-13+/t25?,29?,35-/m1/s1. The van der Waals surface area contributed by atoms with E-state index in [9.17, 15) is 27.1 Å². The van der Waals surface area contributed by atoms with E-state index < -0.39 is 33.8 Å². The number of halogens is 2. The SMILES string of the molecule is C=C(C)/C(=C\C=C/Cc1ccc(OC)c(CS(=O)(=O)NC2=CC#CC(NCCN[C@H](O)CC3=C(F)CC(C)C(F)=C3)C2)c1)C(=O)N(C)C. The fourth-order valence-corrected chi connectivity index (χ4v) is 6.34. The van der Waals surface area contributed by atoms with Crippen LogP contribution in [0.1, 0.15) is 44.2 Å². The summed E-state index contributed by atoms with van der Waals surface area (Å²) in [5.74, 6) is 4.53. The number of ether oxygens (including phenoxy) is 1. The summed E-state index contributed by atoms with van der Waals surface area (Å²) in [5, 5.41) is 16.3. The summed E-state index contributed by atoms with van der Waals surface area (Å²) in [5.41, 5.74) is 3.12. The number of likely N-dealkylation sites (N-methyl/N-ethyl adjacent to an activating group) is 1. The molecule has 0 spiro atoms. The highest BCUT2D eigenvalue weighted by Gasteiger charge is 2.22. The zero-order valence-electron chi connectivity index (χ0n) is 28.2. The van der Waals surface area contributed by atoms with Gasteiger partial charge < -0.3 is 20.1 Å². The van der Waals surface area contributed by atoms with Crippen molar-refractivity contribution in [1.82, 2.24) is 20.3 Å². The number of aliphatic hydroxyl groups excluding tert-OH is 1. The fourth-order valence-electron chi connectivity index (χ4n) is 5.09. The Morgan fingerprint density at radius 3 is 2.69 bits per heavy atom. The van der Waals surface area contributed by atoms with Gasteiger partial charge in [0.25, 0.3) is 5.91 Å². The number of benzene rings is 1. The molecule has 2 aliphatic carbocycles. The maximum atomic E-state index is 14.2. The topological polar surface area (TPSA) is 120 Å². The molecule has 0 aromatic heterocycles. The van der Waals surface area contributed by atoms with Crippen molar-refractivity contribution in [1.29, 1.82) is 0 Å². The monoisotopic (exact) mass is 684 g/mol. The van der Waals surface area contributed by atoms with Crippen molar-refractivity contribution in [3.8, 4) is 17.6 Å². The van der Waals surface area contributed by atoms with E-state index >= 15 is 0 Å². The van der Waals surface area contributed by atoms with Crippen molar-refractivity contribution < 1.29 is 31.8 Å². The number of methoxy groups -OCH3 is 1. The van der Waals surface area contributed by atoms with E-state index in [1.54, 1.807) is 52.2 Å². The molecule has 0 radical (unpaired) electrons. The summed E-state index contributed by atoms with van der Waals surface area (Å²) in [6, 6.07) is 5.03. The third-order valence-corrected chi connectivity index (χ3v) is 8.94. The number of nitrogens with zero attached hydrogens (tertiary/aromatic N) is 1. The van der Waals surface area contributed by atoms with Crippen LogP contribution in [-0.4, -0.2) is 70.9 Å². The first-order chi connectivity index (χ1) is 22.7. The van der Waals surface area contributed by atoms with Crippen LogP contribution in [0.25, 0.3) is 0 Å². The molecule has 1 amide bonds. The van der Waals surface area contributed by atoms with Crippen LogP contribution >= 0.6 is 0 Å². The largest absolute Gasteiger partial charge is 0.496 e. The Bertz CT molecular complexity index is 1680. The van der Waals surface area contributed by atoms with Crippen LogP contribution in [0.15, 0.2) is 89.2 Å². The van der Waals surface area contributed by atoms with Crippen LogP contribution in [0.3, 0.4) is 0 Å². The Kier molecular flexibility index (Phi) is 14.4. The van der Waals surface area contributed by atoms with E-state index in [4.69, 9.17) is 4.74 Å². The van der Waals surface area contributed by atoms with Gasteiger partial charge in [0.2, 0.25) is 10.0 Å². The van der Waals surface area contributed by atoms with E-state index in [2.05, 4.69) is 33.8 Å². The Labute approximate surface area is 283 Å². The van der Waals surface area contributed by atoms with Crippen molar-refractivity contribution in [3.05, 3.63) is 100 Å². The number of allylic oxidation sites excluding steroid dienone is 7. The summed E-state index contributed by atoms with van der Waals surface area (Å²) in [6.07, 6.45) is 7.76. The minimum Gasteiger partial charge on any atom is -0.496 e. The van der Waals surface area contributed by atoms with Crippen LogP contribution in [0.2, 0.25) is 0 Å². The summed E-state index contributed by atoms with van der Waals surface area (Å²) in [6.45, 7) is 7.98. The average Bonchev–Trinajstić information content (AvgIpc) is 3.01. The molecule has 48 heavy (non-hydrogen) atoms. The lowest BCUT2D eigenvalue weighted by atomic mass is 9.94. The molecule has 0 saturated heterocycles. The zero-order valence-corrected chi connectivity index (χ0v) is 29.0. The molecule has 0 heterocycles. The van der Waals surface area contributed by atoms with Gasteiger partial charge >= 0.3 is 0 Å². The molecule has 2 unspecified atom stereocenters. The van der Waals surface area contributed by atoms with Crippen LogP contribution in [0.5, 0.6) is 5.75 Å². The van der Waals surface area contributed by atoms with E-state index in [0.29, 0.717) is 54.1 Å². The predicted octanol–water partition coefficient (Wildman–Crippen LogP) is 4.47. The van der Waals surface area contributed by atoms with Crippen LogP contribution < -0.4 is 20.1 Å². The first-order valence-corrected chi connectivity index (χ1v) is 17.3. The maximum Gasteiger partial charge on any atom is 0.253 e. The molecule has 9 nitrogen and oxygen atoms in total. The second-order valence-corrected chi connectivity index (χ2v) is 13.8. The van der Waals surface area contributed by atoms with E-state index in [-0.39, 0.29) is 36.1 Å². The van der Waals surface area contributed by atoms with Gasteiger partial charge in [0, 0.05) is 75.3 Å². The molecule has 1 aromatic carbocycles. The summed E-state index contributed by atoms with van der Waals surface area (Å²) in [4.78, 5) is 13.8. The van der Waals surface area contributed by atoms with Gasteiger partial charge in [-0.15, -0.1) is 0 Å².